The van der Waals surface area contributed by atoms with E-state index in [1.165, 1.54) is 11.1 Å². The molecule has 1 atom stereocenters. The quantitative estimate of drug-likeness (QED) is 0.875. The highest BCUT2D eigenvalue weighted by Gasteiger charge is 2.20. The van der Waals surface area contributed by atoms with Crippen LogP contribution in [0.2, 0.25) is 0 Å². The second kappa shape index (κ2) is 6.02. The number of carbonyl (C=O) groups excluding carboxylic acids is 1. The van der Waals surface area contributed by atoms with Crippen LogP contribution in [-0.2, 0) is 12.8 Å². The average molecular weight is 344 g/mol. The van der Waals surface area contributed by atoms with Crippen LogP contribution in [-0.4, -0.2) is 11.9 Å². The second-order valence-electron chi connectivity index (χ2n) is 5.65. The minimum Gasteiger partial charge on any atom is -0.349 e. The molecular formula is C18H18BrNO. The molecule has 0 aliphatic heterocycles. The van der Waals surface area contributed by atoms with Gasteiger partial charge in [0.15, 0.2) is 0 Å². The third kappa shape index (κ3) is 3.18. The Kier molecular flexibility index (Phi) is 4.11. The first-order chi connectivity index (χ1) is 10.1. The molecule has 21 heavy (non-hydrogen) atoms. The number of aryl methyl sites for hydroxylation is 2. The van der Waals surface area contributed by atoms with Crippen molar-refractivity contribution in [3.8, 4) is 0 Å². The predicted molar refractivity (Wildman–Crippen MR) is 88.6 cm³/mol. The van der Waals surface area contributed by atoms with E-state index in [9.17, 15) is 4.79 Å². The lowest BCUT2D eigenvalue weighted by molar-refractivity contribution is 0.0933. The normalized spacial score (nSPS) is 17.1. The SMILES string of the molecule is Cc1ccc(C(=O)NC2CCc3ccccc3C2)cc1Br. The summed E-state index contributed by atoms with van der Waals surface area (Å²) in [6.45, 7) is 2.02. The van der Waals surface area contributed by atoms with Gasteiger partial charge in [-0.2, -0.15) is 0 Å². The zero-order valence-corrected chi connectivity index (χ0v) is 13.6. The Morgan fingerprint density at radius 1 is 1.19 bits per heavy atom. The minimum absolute atomic E-state index is 0.0140. The zero-order chi connectivity index (χ0) is 14.8. The Balaban J connectivity index is 1.70. The first-order valence-corrected chi connectivity index (χ1v) is 8.06. The van der Waals surface area contributed by atoms with Gasteiger partial charge in [-0.15, -0.1) is 0 Å². The minimum atomic E-state index is 0.0140. The second-order valence-corrected chi connectivity index (χ2v) is 6.50. The molecule has 0 radical (unpaired) electrons. The van der Waals surface area contributed by atoms with Gasteiger partial charge in [-0.05, 0) is 55.0 Å². The highest BCUT2D eigenvalue weighted by Crippen LogP contribution is 2.22. The van der Waals surface area contributed by atoms with Crippen LogP contribution in [0.5, 0.6) is 0 Å². The summed E-state index contributed by atoms with van der Waals surface area (Å²) >= 11 is 3.48. The first-order valence-electron chi connectivity index (χ1n) is 7.27. The topological polar surface area (TPSA) is 29.1 Å². The van der Waals surface area contributed by atoms with Crippen LogP contribution in [0.1, 0.15) is 33.5 Å². The van der Waals surface area contributed by atoms with E-state index >= 15 is 0 Å². The molecule has 2 nitrogen and oxygen atoms in total. The van der Waals surface area contributed by atoms with Crippen LogP contribution in [0.4, 0.5) is 0 Å². The van der Waals surface area contributed by atoms with E-state index in [0.717, 1.165) is 29.3 Å². The van der Waals surface area contributed by atoms with E-state index in [1.54, 1.807) is 0 Å². The predicted octanol–water partition coefficient (Wildman–Crippen LogP) is 4.04. The lowest BCUT2D eigenvalue weighted by Crippen LogP contribution is -2.38. The van der Waals surface area contributed by atoms with Gasteiger partial charge in [0.1, 0.15) is 0 Å². The smallest absolute Gasteiger partial charge is 0.251 e. The molecule has 1 aliphatic carbocycles. The summed E-state index contributed by atoms with van der Waals surface area (Å²) in [5.41, 5.74) is 4.63. The van der Waals surface area contributed by atoms with Crippen molar-refractivity contribution in [2.45, 2.75) is 32.2 Å². The third-order valence-electron chi connectivity index (χ3n) is 4.12. The van der Waals surface area contributed by atoms with Crippen LogP contribution in [0.15, 0.2) is 46.9 Å². The summed E-state index contributed by atoms with van der Waals surface area (Å²) in [6, 6.07) is 14.5. The molecule has 1 N–H and O–H groups in total. The fourth-order valence-electron chi connectivity index (χ4n) is 2.82. The molecule has 0 heterocycles. The molecule has 0 saturated carbocycles. The van der Waals surface area contributed by atoms with Crippen molar-refractivity contribution in [2.75, 3.05) is 0 Å². The van der Waals surface area contributed by atoms with Gasteiger partial charge in [0.05, 0.1) is 0 Å². The molecule has 0 bridgehead atoms. The van der Waals surface area contributed by atoms with Crippen molar-refractivity contribution in [2.24, 2.45) is 0 Å². The number of carbonyl (C=O) groups is 1. The van der Waals surface area contributed by atoms with Gasteiger partial charge in [-0.3, -0.25) is 4.79 Å². The molecule has 1 unspecified atom stereocenters. The van der Waals surface area contributed by atoms with Gasteiger partial charge in [0.25, 0.3) is 5.91 Å². The first kappa shape index (κ1) is 14.3. The van der Waals surface area contributed by atoms with E-state index in [-0.39, 0.29) is 11.9 Å². The van der Waals surface area contributed by atoms with Crippen molar-refractivity contribution in [3.63, 3.8) is 0 Å². The van der Waals surface area contributed by atoms with E-state index in [1.807, 2.05) is 25.1 Å². The van der Waals surface area contributed by atoms with Crippen molar-refractivity contribution >= 4 is 21.8 Å². The number of amides is 1. The van der Waals surface area contributed by atoms with Crippen molar-refractivity contribution < 1.29 is 4.79 Å². The van der Waals surface area contributed by atoms with E-state index in [4.69, 9.17) is 0 Å². The number of halogens is 1. The van der Waals surface area contributed by atoms with Gasteiger partial charge in [-0.1, -0.05) is 46.3 Å². The van der Waals surface area contributed by atoms with Crippen molar-refractivity contribution in [1.82, 2.24) is 5.32 Å². The molecule has 3 heteroatoms. The number of rotatable bonds is 2. The van der Waals surface area contributed by atoms with Gasteiger partial charge >= 0.3 is 0 Å². The number of hydrogen-bond donors (Lipinski definition) is 1. The van der Waals surface area contributed by atoms with Crippen molar-refractivity contribution in [1.29, 1.82) is 0 Å². The number of fused-ring (bicyclic) bond motifs is 1. The maximum atomic E-state index is 12.4. The molecule has 0 spiro atoms. The summed E-state index contributed by atoms with van der Waals surface area (Å²) in [5, 5.41) is 3.16. The summed E-state index contributed by atoms with van der Waals surface area (Å²) in [6.07, 6.45) is 2.98. The summed E-state index contributed by atoms with van der Waals surface area (Å²) in [4.78, 5) is 12.4. The molecule has 0 aromatic heterocycles. The lowest BCUT2D eigenvalue weighted by Gasteiger charge is -2.25. The maximum absolute atomic E-state index is 12.4. The Labute approximate surface area is 133 Å². The molecule has 0 saturated heterocycles. The Morgan fingerprint density at radius 2 is 1.95 bits per heavy atom. The number of nitrogens with one attached hydrogen (secondary N) is 1. The van der Waals surface area contributed by atoms with Crippen LogP contribution in [0.3, 0.4) is 0 Å². The zero-order valence-electron chi connectivity index (χ0n) is 12.0. The van der Waals surface area contributed by atoms with Crippen LogP contribution < -0.4 is 5.32 Å². The Hall–Kier alpha value is -1.61. The maximum Gasteiger partial charge on any atom is 0.251 e. The highest BCUT2D eigenvalue weighted by molar-refractivity contribution is 9.10. The van der Waals surface area contributed by atoms with Crippen molar-refractivity contribution in [3.05, 3.63) is 69.2 Å². The Morgan fingerprint density at radius 3 is 2.71 bits per heavy atom. The van der Waals surface area contributed by atoms with Crippen LogP contribution in [0.25, 0.3) is 0 Å². The highest BCUT2D eigenvalue weighted by atomic mass is 79.9. The monoisotopic (exact) mass is 343 g/mol. The molecule has 1 amide bonds. The van der Waals surface area contributed by atoms with E-state index in [0.29, 0.717) is 5.56 Å². The Bertz CT molecular complexity index is 681. The van der Waals surface area contributed by atoms with Gasteiger partial charge in [0.2, 0.25) is 0 Å². The van der Waals surface area contributed by atoms with Crippen LogP contribution >= 0.6 is 15.9 Å². The summed E-state index contributed by atoms with van der Waals surface area (Å²) in [7, 11) is 0. The summed E-state index contributed by atoms with van der Waals surface area (Å²) in [5.74, 6) is 0.0140. The van der Waals surface area contributed by atoms with E-state index in [2.05, 4.69) is 45.5 Å². The fourth-order valence-corrected chi connectivity index (χ4v) is 3.20. The fraction of sp³-hybridized carbons (Fsp3) is 0.278. The largest absolute Gasteiger partial charge is 0.349 e. The summed E-state index contributed by atoms with van der Waals surface area (Å²) < 4.78 is 0.976. The van der Waals surface area contributed by atoms with Gasteiger partial charge < -0.3 is 5.32 Å². The van der Waals surface area contributed by atoms with Crippen LogP contribution in [0, 0.1) is 6.92 Å². The molecule has 2 aromatic carbocycles. The molecule has 3 rings (SSSR count). The molecule has 108 valence electrons. The third-order valence-corrected chi connectivity index (χ3v) is 4.97. The van der Waals surface area contributed by atoms with Gasteiger partial charge in [-0.25, -0.2) is 0 Å². The average Bonchev–Trinajstić information content (AvgIpc) is 2.50. The van der Waals surface area contributed by atoms with E-state index < -0.39 is 0 Å². The molecule has 2 aromatic rings. The molecular weight excluding hydrogens is 326 g/mol. The van der Waals surface area contributed by atoms with Gasteiger partial charge in [0, 0.05) is 16.1 Å². The number of hydrogen-bond acceptors (Lipinski definition) is 1. The number of benzene rings is 2. The molecule has 1 aliphatic rings. The lowest BCUT2D eigenvalue weighted by atomic mass is 9.88. The molecule has 0 fully saturated rings. The standard InChI is InChI=1S/C18H18BrNO/c1-12-6-7-15(11-17(12)19)18(21)20-16-9-8-13-4-2-3-5-14(13)10-16/h2-7,11,16H,8-10H2,1H3,(H,20,21).